The van der Waals surface area contributed by atoms with E-state index in [2.05, 4.69) is 26.2 Å². The number of likely N-dealkylation sites (N-methyl/N-ethyl adjacent to an activating group) is 1. The summed E-state index contributed by atoms with van der Waals surface area (Å²) in [6, 6.07) is 14.7. The summed E-state index contributed by atoms with van der Waals surface area (Å²) < 4.78 is 7.68. The van der Waals surface area contributed by atoms with E-state index < -0.39 is 65.3 Å². The lowest BCUT2D eigenvalue weighted by molar-refractivity contribution is -0.155. The van der Waals surface area contributed by atoms with Crippen LogP contribution in [-0.2, 0) is 35.8 Å². The van der Waals surface area contributed by atoms with Crippen molar-refractivity contribution in [2.75, 3.05) is 31.1 Å². The summed E-state index contributed by atoms with van der Waals surface area (Å²) in [4.78, 5) is 82.8. The predicted octanol–water partition coefficient (Wildman–Crippen LogP) is 0.439. The van der Waals surface area contributed by atoms with Crippen LogP contribution in [0.3, 0.4) is 0 Å². The number of aliphatic hydroxyl groups excluding tert-OH is 1. The van der Waals surface area contributed by atoms with Crippen LogP contribution in [-0.4, -0.2) is 130 Å². The number of nitrogens with one attached hydrogen (secondary N) is 2. The number of tetrazole rings is 1. The highest BCUT2D eigenvalue weighted by molar-refractivity contribution is 8.01. The molecule has 0 aliphatic carbocycles. The first kappa shape index (κ1) is 37.5. The van der Waals surface area contributed by atoms with Crippen molar-refractivity contribution in [2.24, 2.45) is 7.05 Å². The number of thioether (sulfide) groups is 2. The van der Waals surface area contributed by atoms with Crippen molar-refractivity contribution < 1.29 is 38.6 Å². The van der Waals surface area contributed by atoms with E-state index in [1.807, 2.05) is 60.7 Å². The van der Waals surface area contributed by atoms with Crippen molar-refractivity contribution in [2.45, 2.75) is 48.7 Å². The third-order valence-electron chi connectivity index (χ3n) is 8.90. The number of fused-ring (bicyclic) bond motifs is 1. The van der Waals surface area contributed by atoms with Gasteiger partial charge in [0.15, 0.2) is 6.10 Å². The van der Waals surface area contributed by atoms with Gasteiger partial charge in [-0.3, -0.25) is 29.0 Å². The zero-order valence-electron chi connectivity index (χ0n) is 28.9. The first-order valence-corrected chi connectivity index (χ1v) is 18.8. The second kappa shape index (κ2) is 16.2. The number of rotatable bonds is 12. The molecule has 6 amide bonds. The number of carbonyl (C=O) groups is 6. The number of hydrogen-bond donors (Lipinski definition) is 3. The Labute approximate surface area is 312 Å². The molecule has 3 aliphatic heterocycles. The molecule has 0 radical (unpaired) electrons. The number of nitrogens with zero attached hydrogens (tertiary/aromatic N) is 7. The number of piperazine rings is 1. The molecule has 3 N–H and O–H groups in total. The van der Waals surface area contributed by atoms with E-state index >= 15 is 0 Å². The Morgan fingerprint density at radius 1 is 1.02 bits per heavy atom. The van der Waals surface area contributed by atoms with Crippen molar-refractivity contribution in [3.05, 3.63) is 83.1 Å². The first-order valence-electron chi connectivity index (χ1n) is 16.7. The summed E-state index contributed by atoms with van der Waals surface area (Å²) in [5.74, 6) is -3.60. The van der Waals surface area contributed by atoms with Gasteiger partial charge >= 0.3 is 23.8 Å². The predicted molar refractivity (Wildman–Crippen MR) is 190 cm³/mol. The number of β-lactam (4-membered cyclic amide) rings is 1. The van der Waals surface area contributed by atoms with Crippen LogP contribution < -0.4 is 10.6 Å². The SMILES string of the molecule is CCN1CCN(C(=O)N[C@@H](C(=O)N[C@@H]2C(=O)N3C(C(=O)OC(c4ccccc4)c4ccccc4)=C(CSc4nnnn4C)CS[C@H]23)[C@H](C)O)C(=O)C1=O. The lowest BCUT2D eigenvalue weighted by Crippen LogP contribution is -2.72. The molecule has 3 aromatic rings. The van der Waals surface area contributed by atoms with Crippen LogP contribution in [0.25, 0.3) is 0 Å². The third kappa shape index (κ3) is 7.77. The number of benzene rings is 2. The minimum absolute atomic E-state index is 0.0403. The maximum Gasteiger partial charge on any atom is 0.356 e. The number of esters is 1. The molecule has 2 fully saturated rings. The number of aliphatic hydroxyl groups is 1. The number of urea groups is 1. The average molecular weight is 764 g/mol. The molecule has 6 rings (SSSR count). The van der Waals surface area contributed by atoms with E-state index in [0.29, 0.717) is 27.9 Å². The number of aryl methyl sites for hydroxylation is 1. The molecule has 53 heavy (non-hydrogen) atoms. The Kier molecular flexibility index (Phi) is 11.4. The molecule has 4 heterocycles. The van der Waals surface area contributed by atoms with Crippen LogP contribution in [0.5, 0.6) is 0 Å². The Morgan fingerprint density at radius 2 is 1.68 bits per heavy atom. The third-order valence-corrected chi connectivity index (χ3v) is 11.3. The van der Waals surface area contributed by atoms with Gasteiger partial charge in [-0.1, -0.05) is 72.4 Å². The molecule has 19 heteroatoms. The summed E-state index contributed by atoms with van der Waals surface area (Å²) in [5.41, 5.74) is 2.08. The summed E-state index contributed by atoms with van der Waals surface area (Å²) in [5, 5.41) is 26.7. The maximum absolute atomic E-state index is 14.3. The zero-order valence-corrected chi connectivity index (χ0v) is 30.6. The molecule has 17 nitrogen and oxygen atoms in total. The Hall–Kier alpha value is -5.27. The fraction of sp³-hybridized carbons (Fsp3) is 0.382. The average Bonchev–Trinajstić information content (AvgIpc) is 3.58. The molecule has 2 aromatic carbocycles. The molecule has 0 saturated carbocycles. The highest BCUT2D eigenvalue weighted by Gasteiger charge is 2.55. The lowest BCUT2D eigenvalue weighted by Gasteiger charge is -2.50. The minimum Gasteiger partial charge on any atom is -0.448 e. The minimum atomic E-state index is -1.57. The van der Waals surface area contributed by atoms with Crippen LogP contribution >= 0.6 is 23.5 Å². The molecule has 0 unspecified atom stereocenters. The zero-order chi connectivity index (χ0) is 37.8. The Morgan fingerprint density at radius 3 is 2.26 bits per heavy atom. The second-order valence-corrected chi connectivity index (χ2v) is 14.4. The normalized spacial score (nSPS) is 19.8. The van der Waals surface area contributed by atoms with Crippen LogP contribution in [0.1, 0.15) is 31.1 Å². The first-order chi connectivity index (χ1) is 25.5. The second-order valence-electron chi connectivity index (χ2n) is 12.3. The van der Waals surface area contributed by atoms with E-state index in [-0.39, 0.29) is 24.5 Å². The molecule has 2 saturated heterocycles. The Balaban J connectivity index is 1.21. The molecular weight excluding hydrogens is 727 g/mol. The quantitative estimate of drug-likeness (QED) is 0.0992. The van der Waals surface area contributed by atoms with Crippen LogP contribution in [0, 0.1) is 0 Å². The van der Waals surface area contributed by atoms with E-state index in [9.17, 15) is 33.9 Å². The van der Waals surface area contributed by atoms with Crippen molar-refractivity contribution in [3.63, 3.8) is 0 Å². The van der Waals surface area contributed by atoms with Crippen LogP contribution in [0.15, 0.2) is 77.1 Å². The molecule has 1 aromatic heterocycles. The number of carbonyl (C=O) groups excluding carboxylic acids is 6. The molecular formula is C34H37N9O8S2. The number of ether oxygens (including phenoxy) is 1. The van der Waals surface area contributed by atoms with Gasteiger partial charge in [-0.25, -0.2) is 14.3 Å². The Bertz CT molecular complexity index is 1890. The standard InChI is InChI=1S/C34H37N9O8S2/c1-4-41-15-16-42(30(48)29(41)47)33(50)36-23(19(2)44)27(45)35-24-28(46)43-25(22(17-52-31(24)43)18-53-34-37-38-39-40(34)3)32(49)51-26(20-11-7-5-8-12-20)21-13-9-6-10-14-21/h5-14,19,23-24,26,31,44H,4,15-18H2,1-3H3,(H,35,45)(H,36,50)/t19-,23+,24+,31+/m0/s1. The van der Waals surface area contributed by atoms with E-state index in [1.165, 1.54) is 44.9 Å². The van der Waals surface area contributed by atoms with Gasteiger partial charge in [0.25, 0.3) is 5.91 Å². The monoisotopic (exact) mass is 763 g/mol. The molecule has 0 bridgehead atoms. The summed E-state index contributed by atoms with van der Waals surface area (Å²) >= 11 is 2.60. The fourth-order valence-electron chi connectivity index (χ4n) is 6.05. The summed E-state index contributed by atoms with van der Waals surface area (Å²) in [7, 11) is 1.68. The molecule has 3 aliphatic rings. The highest BCUT2D eigenvalue weighted by atomic mass is 32.2. The highest BCUT2D eigenvalue weighted by Crippen LogP contribution is 2.42. The molecule has 4 atom stereocenters. The van der Waals surface area contributed by atoms with Gasteiger partial charge in [0.05, 0.1) is 6.10 Å². The number of aromatic nitrogens is 4. The molecule has 278 valence electrons. The van der Waals surface area contributed by atoms with Gasteiger partial charge < -0.3 is 25.4 Å². The van der Waals surface area contributed by atoms with Gasteiger partial charge in [-0.2, -0.15) is 0 Å². The topological polar surface area (TPSA) is 209 Å². The maximum atomic E-state index is 14.3. The summed E-state index contributed by atoms with van der Waals surface area (Å²) in [6.45, 7) is 3.28. The smallest absolute Gasteiger partial charge is 0.356 e. The van der Waals surface area contributed by atoms with Gasteiger partial charge in [0, 0.05) is 38.2 Å². The van der Waals surface area contributed by atoms with Gasteiger partial charge in [-0.15, -0.1) is 16.9 Å². The number of imide groups is 1. The number of amides is 6. The largest absolute Gasteiger partial charge is 0.448 e. The van der Waals surface area contributed by atoms with Gasteiger partial charge in [0.1, 0.15) is 23.2 Å². The van der Waals surface area contributed by atoms with Crippen LogP contribution in [0.4, 0.5) is 4.79 Å². The summed E-state index contributed by atoms with van der Waals surface area (Å²) in [6.07, 6.45) is -2.24. The van der Waals surface area contributed by atoms with E-state index in [0.717, 1.165) is 11.1 Å². The van der Waals surface area contributed by atoms with Gasteiger partial charge in [0.2, 0.25) is 11.1 Å². The van der Waals surface area contributed by atoms with Gasteiger partial charge in [-0.05, 0) is 41.0 Å². The van der Waals surface area contributed by atoms with Crippen molar-refractivity contribution in [3.8, 4) is 0 Å². The van der Waals surface area contributed by atoms with Crippen molar-refractivity contribution in [1.29, 1.82) is 0 Å². The van der Waals surface area contributed by atoms with Crippen molar-refractivity contribution in [1.82, 2.24) is 45.5 Å². The fourth-order valence-corrected chi connectivity index (χ4v) is 8.39. The van der Waals surface area contributed by atoms with E-state index in [1.54, 1.807) is 14.0 Å². The van der Waals surface area contributed by atoms with E-state index in [4.69, 9.17) is 4.74 Å². The lowest BCUT2D eigenvalue weighted by atomic mass is 10.0. The van der Waals surface area contributed by atoms with Crippen molar-refractivity contribution >= 4 is 59.2 Å². The van der Waals surface area contributed by atoms with Crippen LogP contribution in [0.2, 0.25) is 0 Å². The number of hydrogen-bond acceptors (Lipinski definition) is 13. The molecule has 0 spiro atoms.